The molecular formula is C16H20N4O. The van der Waals surface area contributed by atoms with Gasteiger partial charge in [0, 0.05) is 35.4 Å². The van der Waals surface area contributed by atoms with Gasteiger partial charge in [-0.05, 0) is 44.5 Å². The van der Waals surface area contributed by atoms with Crippen LogP contribution in [-0.4, -0.2) is 22.4 Å². The molecule has 1 amide bonds. The highest BCUT2D eigenvalue weighted by atomic mass is 16.1. The van der Waals surface area contributed by atoms with E-state index in [0.29, 0.717) is 5.56 Å². The maximum atomic E-state index is 12.4. The van der Waals surface area contributed by atoms with Gasteiger partial charge in [-0.1, -0.05) is 6.92 Å². The molecule has 0 radical (unpaired) electrons. The van der Waals surface area contributed by atoms with Crippen LogP contribution < -0.4 is 10.6 Å². The van der Waals surface area contributed by atoms with Gasteiger partial charge in [-0.2, -0.15) is 0 Å². The smallest absolute Gasteiger partial charge is 0.255 e. The average Bonchev–Trinajstić information content (AvgIpc) is 2.47. The highest BCUT2D eigenvalue weighted by Crippen LogP contribution is 2.14. The summed E-state index contributed by atoms with van der Waals surface area (Å²) in [5, 5.41) is 6.03. The summed E-state index contributed by atoms with van der Waals surface area (Å²) in [4.78, 5) is 20.9. The Kier molecular flexibility index (Phi) is 4.87. The van der Waals surface area contributed by atoms with Crippen molar-refractivity contribution in [1.82, 2.24) is 9.97 Å². The molecule has 0 aliphatic rings. The van der Waals surface area contributed by atoms with Crippen molar-refractivity contribution >= 4 is 17.4 Å². The molecule has 2 aromatic heterocycles. The lowest BCUT2D eigenvalue weighted by Crippen LogP contribution is -2.14. The van der Waals surface area contributed by atoms with E-state index >= 15 is 0 Å². The first-order chi connectivity index (χ1) is 10.1. The van der Waals surface area contributed by atoms with Gasteiger partial charge in [0.2, 0.25) is 0 Å². The second-order valence-corrected chi connectivity index (χ2v) is 4.76. The van der Waals surface area contributed by atoms with E-state index in [1.165, 1.54) is 0 Å². The first-order valence-electron chi connectivity index (χ1n) is 7.11. The molecule has 2 rings (SSSR count). The van der Waals surface area contributed by atoms with E-state index in [1.807, 2.05) is 32.9 Å². The monoisotopic (exact) mass is 284 g/mol. The van der Waals surface area contributed by atoms with Gasteiger partial charge in [0.25, 0.3) is 5.91 Å². The van der Waals surface area contributed by atoms with Crippen molar-refractivity contribution in [2.24, 2.45) is 0 Å². The molecule has 0 saturated carbocycles. The number of amides is 1. The van der Waals surface area contributed by atoms with Crippen molar-refractivity contribution in [2.45, 2.75) is 27.2 Å². The third kappa shape index (κ3) is 4.02. The van der Waals surface area contributed by atoms with Crippen LogP contribution in [0.5, 0.6) is 0 Å². The van der Waals surface area contributed by atoms with Gasteiger partial charge in [0.05, 0.1) is 0 Å². The third-order valence-electron chi connectivity index (χ3n) is 3.02. The Morgan fingerprint density at radius 3 is 2.71 bits per heavy atom. The molecule has 110 valence electrons. The second kappa shape index (κ2) is 6.83. The van der Waals surface area contributed by atoms with Crippen LogP contribution in [0, 0.1) is 6.92 Å². The van der Waals surface area contributed by atoms with Crippen molar-refractivity contribution in [1.29, 1.82) is 0 Å². The summed E-state index contributed by atoms with van der Waals surface area (Å²) in [6, 6.07) is 7.21. The quantitative estimate of drug-likeness (QED) is 0.885. The predicted molar refractivity (Wildman–Crippen MR) is 84.7 cm³/mol. The fourth-order valence-corrected chi connectivity index (χ4v) is 2.00. The molecule has 2 aromatic rings. The van der Waals surface area contributed by atoms with Crippen LogP contribution in [0.1, 0.15) is 35.6 Å². The fraction of sp³-hybridized carbons (Fsp3) is 0.312. The number of nitrogens with one attached hydrogen (secondary N) is 2. The number of carbonyl (C=O) groups excluding carboxylic acids is 1. The van der Waals surface area contributed by atoms with Crippen molar-refractivity contribution < 1.29 is 4.79 Å². The lowest BCUT2D eigenvalue weighted by molar-refractivity contribution is 0.102. The Labute approximate surface area is 124 Å². The number of nitrogens with zero attached hydrogens (tertiary/aromatic N) is 2. The number of rotatable bonds is 5. The SMILES string of the molecule is CCNc1cc(C(=O)Nc2ccnc(C)c2)cc(CC)n1. The van der Waals surface area contributed by atoms with Crippen molar-refractivity contribution in [3.8, 4) is 0 Å². The van der Waals surface area contributed by atoms with Crippen molar-refractivity contribution in [2.75, 3.05) is 17.2 Å². The standard InChI is InChI=1S/C16H20N4O/c1-4-13-9-12(10-15(19-13)17-5-2)16(21)20-14-6-7-18-11(3)8-14/h6-10H,4-5H2,1-3H3,(H,17,19)(H,18,20,21). The maximum Gasteiger partial charge on any atom is 0.255 e. The van der Waals surface area contributed by atoms with Gasteiger partial charge in [-0.3, -0.25) is 9.78 Å². The molecule has 0 fully saturated rings. The van der Waals surface area contributed by atoms with Crippen LogP contribution in [0.4, 0.5) is 11.5 Å². The molecule has 2 heterocycles. The molecular weight excluding hydrogens is 264 g/mol. The number of carbonyl (C=O) groups is 1. The minimum absolute atomic E-state index is 0.142. The summed E-state index contributed by atoms with van der Waals surface area (Å²) in [6.07, 6.45) is 2.47. The largest absolute Gasteiger partial charge is 0.370 e. The van der Waals surface area contributed by atoms with Crippen LogP contribution >= 0.6 is 0 Å². The maximum absolute atomic E-state index is 12.4. The lowest BCUT2D eigenvalue weighted by Gasteiger charge is -2.10. The zero-order chi connectivity index (χ0) is 15.2. The number of hydrogen-bond acceptors (Lipinski definition) is 4. The Balaban J connectivity index is 2.23. The number of anilines is 2. The first-order valence-corrected chi connectivity index (χ1v) is 7.11. The summed E-state index contributed by atoms with van der Waals surface area (Å²) in [5.41, 5.74) is 3.11. The predicted octanol–water partition coefficient (Wildman–Crippen LogP) is 3.03. The van der Waals surface area contributed by atoms with Gasteiger partial charge >= 0.3 is 0 Å². The van der Waals surface area contributed by atoms with Gasteiger partial charge in [-0.15, -0.1) is 0 Å². The number of pyridine rings is 2. The molecule has 0 aromatic carbocycles. The molecule has 5 heteroatoms. The molecule has 21 heavy (non-hydrogen) atoms. The Hall–Kier alpha value is -2.43. The van der Waals surface area contributed by atoms with Crippen LogP contribution in [0.2, 0.25) is 0 Å². The van der Waals surface area contributed by atoms with Gasteiger partial charge < -0.3 is 10.6 Å². The Morgan fingerprint density at radius 1 is 1.24 bits per heavy atom. The van der Waals surface area contributed by atoms with Crippen LogP contribution in [0.15, 0.2) is 30.5 Å². The Morgan fingerprint density at radius 2 is 2.05 bits per heavy atom. The molecule has 2 N–H and O–H groups in total. The van der Waals surface area contributed by atoms with Crippen LogP contribution in [-0.2, 0) is 6.42 Å². The lowest BCUT2D eigenvalue weighted by atomic mass is 10.1. The van der Waals surface area contributed by atoms with Gasteiger partial charge in [-0.25, -0.2) is 4.98 Å². The molecule has 0 spiro atoms. The van der Waals surface area contributed by atoms with Crippen molar-refractivity contribution in [3.05, 3.63) is 47.4 Å². The summed E-state index contributed by atoms with van der Waals surface area (Å²) in [6.45, 7) is 6.68. The number of aromatic nitrogens is 2. The first kappa shape index (κ1) is 15.0. The van der Waals surface area contributed by atoms with E-state index < -0.39 is 0 Å². The second-order valence-electron chi connectivity index (χ2n) is 4.76. The number of hydrogen-bond donors (Lipinski definition) is 2. The van der Waals surface area contributed by atoms with E-state index in [0.717, 1.165) is 35.9 Å². The van der Waals surface area contributed by atoms with E-state index in [1.54, 1.807) is 18.3 Å². The van der Waals surface area contributed by atoms with E-state index in [2.05, 4.69) is 20.6 Å². The van der Waals surface area contributed by atoms with E-state index in [4.69, 9.17) is 0 Å². The van der Waals surface area contributed by atoms with Gasteiger partial charge in [0.15, 0.2) is 0 Å². The molecule has 0 saturated heterocycles. The zero-order valence-corrected chi connectivity index (χ0v) is 12.6. The molecule has 0 unspecified atom stereocenters. The minimum Gasteiger partial charge on any atom is -0.370 e. The van der Waals surface area contributed by atoms with E-state index in [9.17, 15) is 4.79 Å². The van der Waals surface area contributed by atoms with Gasteiger partial charge in [0.1, 0.15) is 5.82 Å². The third-order valence-corrected chi connectivity index (χ3v) is 3.02. The topological polar surface area (TPSA) is 66.9 Å². The average molecular weight is 284 g/mol. The van der Waals surface area contributed by atoms with Crippen LogP contribution in [0.25, 0.3) is 0 Å². The zero-order valence-electron chi connectivity index (χ0n) is 12.6. The van der Waals surface area contributed by atoms with E-state index in [-0.39, 0.29) is 5.91 Å². The number of aryl methyl sites for hydroxylation is 2. The normalized spacial score (nSPS) is 10.2. The summed E-state index contributed by atoms with van der Waals surface area (Å²) in [7, 11) is 0. The van der Waals surface area contributed by atoms with Crippen molar-refractivity contribution in [3.63, 3.8) is 0 Å². The molecule has 0 aliphatic heterocycles. The highest BCUT2D eigenvalue weighted by molar-refractivity contribution is 6.04. The molecule has 0 atom stereocenters. The molecule has 0 bridgehead atoms. The molecule has 5 nitrogen and oxygen atoms in total. The Bertz CT molecular complexity index is 640. The summed E-state index contributed by atoms with van der Waals surface area (Å²) >= 11 is 0. The summed E-state index contributed by atoms with van der Waals surface area (Å²) < 4.78 is 0. The molecule has 0 aliphatic carbocycles. The van der Waals surface area contributed by atoms with Crippen LogP contribution in [0.3, 0.4) is 0 Å². The summed E-state index contributed by atoms with van der Waals surface area (Å²) in [5.74, 6) is 0.588. The fourth-order valence-electron chi connectivity index (χ4n) is 2.00. The highest BCUT2D eigenvalue weighted by Gasteiger charge is 2.10. The minimum atomic E-state index is -0.142.